The van der Waals surface area contributed by atoms with Crippen LogP contribution in [0.25, 0.3) is 0 Å². The second-order valence-electron chi connectivity index (χ2n) is 3.02. The molecule has 1 saturated heterocycles. The Balaban J connectivity index is 2.39. The van der Waals surface area contributed by atoms with E-state index in [0.717, 1.165) is 0 Å². The maximum atomic E-state index is 10.6. The van der Waals surface area contributed by atoms with Gasteiger partial charge in [-0.2, -0.15) is 0 Å². The minimum absolute atomic E-state index is 0.203. The van der Waals surface area contributed by atoms with E-state index in [9.17, 15) is 4.79 Å². The molecule has 4 heteroatoms. The van der Waals surface area contributed by atoms with Crippen molar-refractivity contribution in [3.8, 4) is 0 Å². The SMILES string of the molecule is CC(=O)O[C@@H]1CCC(O)O[C@H]1C. The molecule has 0 aliphatic carbocycles. The molecular formula is C8H14O4. The van der Waals surface area contributed by atoms with Gasteiger partial charge >= 0.3 is 5.97 Å². The van der Waals surface area contributed by atoms with E-state index in [1.807, 2.05) is 0 Å². The molecule has 4 nitrogen and oxygen atoms in total. The molecule has 0 bridgehead atoms. The van der Waals surface area contributed by atoms with Gasteiger partial charge in [-0.05, 0) is 13.3 Å². The minimum atomic E-state index is -0.702. The van der Waals surface area contributed by atoms with Gasteiger partial charge in [-0.15, -0.1) is 0 Å². The maximum absolute atomic E-state index is 10.6. The highest BCUT2D eigenvalue weighted by Crippen LogP contribution is 2.20. The quantitative estimate of drug-likeness (QED) is 0.586. The maximum Gasteiger partial charge on any atom is 0.302 e. The van der Waals surface area contributed by atoms with Gasteiger partial charge in [-0.3, -0.25) is 4.79 Å². The number of ether oxygens (including phenoxy) is 2. The summed E-state index contributed by atoms with van der Waals surface area (Å²) in [5, 5.41) is 9.07. The van der Waals surface area contributed by atoms with E-state index in [-0.39, 0.29) is 18.2 Å². The normalized spacial score (nSPS) is 36.1. The molecule has 1 fully saturated rings. The summed E-state index contributed by atoms with van der Waals surface area (Å²) < 4.78 is 10.1. The Labute approximate surface area is 71.5 Å². The largest absolute Gasteiger partial charge is 0.460 e. The molecule has 0 saturated carbocycles. The van der Waals surface area contributed by atoms with Crippen LogP contribution in [0.2, 0.25) is 0 Å². The molecule has 0 radical (unpaired) electrons. The summed E-state index contributed by atoms with van der Waals surface area (Å²) >= 11 is 0. The van der Waals surface area contributed by atoms with Crippen LogP contribution in [0.4, 0.5) is 0 Å². The van der Waals surface area contributed by atoms with Crippen molar-refractivity contribution in [3.63, 3.8) is 0 Å². The molecule has 1 N–H and O–H groups in total. The first-order valence-corrected chi connectivity index (χ1v) is 4.10. The van der Waals surface area contributed by atoms with E-state index in [4.69, 9.17) is 14.6 Å². The number of carbonyl (C=O) groups excluding carboxylic acids is 1. The molecule has 0 aromatic heterocycles. The number of hydrogen-bond acceptors (Lipinski definition) is 4. The molecule has 0 amide bonds. The van der Waals surface area contributed by atoms with Gasteiger partial charge < -0.3 is 14.6 Å². The van der Waals surface area contributed by atoms with Crippen LogP contribution in [0.5, 0.6) is 0 Å². The topological polar surface area (TPSA) is 55.8 Å². The van der Waals surface area contributed by atoms with E-state index in [1.54, 1.807) is 6.92 Å². The third-order valence-corrected chi connectivity index (χ3v) is 1.91. The molecule has 1 heterocycles. The zero-order valence-electron chi connectivity index (χ0n) is 7.32. The van der Waals surface area contributed by atoms with Gasteiger partial charge in [0.25, 0.3) is 0 Å². The van der Waals surface area contributed by atoms with Gasteiger partial charge in [0.05, 0.1) is 6.10 Å². The highest BCUT2D eigenvalue weighted by molar-refractivity contribution is 5.66. The van der Waals surface area contributed by atoms with E-state index in [2.05, 4.69) is 0 Å². The zero-order chi connectivity index (χ0) is 9.14. The van der Waals surface area contributed by atoms with Gasteiger partial charge in [-0.1, -0.05) is 0 Å². The number of aliphatic hydroxyl groups is 1. The van der Waals surface area contributed by atoms with Crippen molar-refractivity contribution in [2.45, 2.75) is 45.2 Å². The molecule has 1 aliphatic heterocycles. The first-order chi connectivity index (χ1) is 5.59. The molecule has 70 valence electrons. The van der Waals surface area contributed by atoms with Crippen LogP contribution >= 0.6 is 0 Å². The van der Waals surface area contributed by atoms with Gasteiger partial charge in [0.15, 0.2) is 6.29 Å². The molecule has 0 spiro atoms. The van der Waals surface area contributed by atoms with Gasteiger partial charge in [-0.25, -0.2) is 0 Å². The van der Waals surface area contributed by atoms with Crippen LogP contribution in [0.3, 0.4) is 0 Å². The van der Waals surface area contributed by atoms with Gasteiger partial charge in [0.2, 0.25) is 0 Å². The number of hydrogen-bond donors (Lipinski definition) is 1. The van der Waals surface area contributed by atoms with Crippen molar-refractivity contribution in [2.75, 3.05) is 0 Å². The summed E-state index contributed by atoms with van der Waals surface area (Å²) in [5.74, 6) is -0.299. The molecule has 12 heavy (non-hydrogen) atoms. The Morgan fingerprint density at radius 1 is 1.58 bits per heavy atom. The summed E-state index contributed by atoms with van der Waals surface area (Å²) in [5.41, 5.74) is 0. The molecule has 1 rings (SSSR count). The van der Waals surface area contributed by atoms with Crippen molar-refractivity contribution in [2.24, 2.45) is 0 Å². The average molecular weight is 174 g/mol. The summed E-state index contributed by atoms with van der Waals surface area (Å²) in [7, 11) is 0. The summed E-state index contributed by atoms with van der Waals surface area (Å²) in [6.45, 7) is 3.16. The first-order valence-electron chi connectivity index (χ1n) is 4.10. The fourth-order valence-corrected chi connectivity index (χ4v) is 1.31. The summed E-state index contributed by atoms with van der Waals surface area (Å²) in [6.07, 6.45) is 0.0832. The lowest BCUT2D eigenvalue weighted by atomic mass is 10.1. The predicted molar refractivity (Wildman–Crippen MR) is 41.3 cm³/mol. The first kappa shape index (κ1) is 9.48. The fourth-order valence-electron chi connectivity index (χ4n) is 1.31. The van der Waals surface area contributed by atoms with Crippen molar-refractivity contribution in [1.29, 1.82) is 0 Å². The molecular weight excluding hydrogens is 160 g/mol. The van der Waals surface area contributed by atoms with Crippen molar-refractivity contribution in [1.82, 2.24) is 0 Å². The predicted octanol–water partition coefficient (Wildman–Crippen LogP) is 0.435. The van der Waals surface area contributed by atoms with Gasteiger partial charge in [0, 0.05) is 13.3 Å². The number of carbonyl (C=O) groups is 1. The van der Waals surface area contributed by atoms with Crippen molar-refractivity contribution >= 4 is 5.97 Å². The van der Waals surface area contributed by atoms with E-state index < -0.39 is 6.29 Å². The number of rotatable bonds is 1. The lowest BCUT2D eigenvalue weighted by Gasteiger charge is -2.31. The second-order valence-corrected chi connectivity index (χ2v) is 3.02. The Morgan fingerprint density at radius 2 is 2.25 bits per heavy atom. The fraction of sp³-hybridized carbons (Fsp3) is 0.875. The Kier molecular flexibility index (Phi) is 3.05. The molecule has 0 aromatic rings. The summed E-state index contributed by atoms with van der Waals surface area (Å²) in [4.78, 5) is 10.6. The third kappa shape index (κ3) is 2.46. The van der Waals surface area contributed by atoms with Crippen LogP contribution in [0.15, 0.2) is 0 Å². The summed E-state index contributed by atoms with van der Waals surface area (Å²) in [6, 6.07) is 0. The Morgan fingerprint density at radius 3 is 2.75 bits per heavy atom. The molecule has 0 aromatic carbocycles. The van der Waals surface area contributed by atoms with E-state index in [0.29, 0.717) is 12.8 Å². The minimum Gasteiger partial charge on any atom is -0.460 e. The standard InChI is InChI=1S/C8H14O4/c1-5-7(12-6(2)9)3-4-8(10)11-5/h5,7-8,10H,3-4H2,1-2H3/t5-,7+,8?/m0/s1. The molecule has 1 aliphatic rings. The highest BCUT2D eigenvalue weighted by Gasteiger charge is 2.28. The van der Waals surface area contributed by atoms with Crippen molar-refractivity contribution < 1.29 is 19.4 Å². The van der Waals surface area contributed by atoms with Crippen LogP contribution in [0, 0.1) is 0 Å². The lowest BCUT2D eigenvalue weighted by molar-refractivity contribution is -0.205. The Hall–Kier alpha value is -0.610. The van der Waals surface area contributed by atoms with E-state index in [1.165, 1.54) is 6.92 Å². The Bertz CT molecular complexity index is 168. The lowest BCUT2D eigenvalue weighted by Crippen LogP contribution is -2.39. The number of esters is 1. The zero-order valence-corrected chi connectivity index (χ0v) is 7.32. The second kappa shape index (κ2) is 3.87. The molecule has 1 unspecified atom stereocenters. The van der Waals surface area contributed by atoms with Crippen LogP contribution in [0.1, 0.15) is 26.7 Å². The highest BCUT2D eigenvalue weighted by atomic mass is 16.6. The van der Waals surface area contributed by atoms with Crippen LogP contribution < -0.4 is 0 Å². The van der Waals surface area contributed by atoms with E-state index >= 15 is 0 Å². The number of aliphatic hydroxyl groups excluding tert-OH is 1. The molecule has 3 atom stereocenters. The van der Waals surface area contributed by atoms with Gasteiger partial charge in [0.1, 0.15) is 6.10 Å². The monoisotopic (exact) mass is 174 g/mol. The van der Waals surface area contributed by atoms with Crippen LogP contribution in [-0.2, 0) is 14.3 Å². The van der Waals surface area contributed by atoms with Crippen molar-refractivity contribution in [3.05, 3.63) is 0 Å². The van der Waals surface area contributed by atoms with Crippen LogP contribution in [-0.4, -0.2) is 29.6 Å². The average Bonchev–Trinajstić information content (AvgIpc) is 1.94. The third-order valence-electron chi connectivity index (χ3n) is 1.91. The smallest absolute Gasteiger partial charge is 0.302 e.